The Labute approximate surface area is 184 Å². The number of carbonyl (C=O) groups excluding carboxylic acids is 1. The summed E-state index contributed by atoms with van der Waals surface area (Å²) in [5.74, 6) is -0.401. The van der Waals surface area contributed by atoms with Crippen molar-refractivity contribution < 1.29 is 22.4 Å². The monoisotopic (exact) mass is 531 g/mol. The topological polar surface area (TPSA) is 60.0 Å². The fraction of sp³-hybridized carbons (Fsp3) is 0.556. The minimum absolute atomic E-state index is 0. The Balaban J connectivity index is 0.00000420. The molecule has 1 fully saturated rings. The van der Waals surface area contributed by atoms with Gasteiger partial charge in [-0.15, -0.1) is 24.0 Å². The molecule has 1 amide bonds. The number of hydrogen-bond acceptors (Lipinski definition) is 3. The average molecular weight is 531 g/mol. The summed E-state index contributed by atoms with van der Waals surface area (Å²) in [5, 5.41) is 5.61. The first kappa shape index (κ1) is 25.4. The summed E-state index contributed by atoms with van der Waals surface area (Å²) in [4.78, 5) is 19.5. The number of carbonyl (C=O) groups is 1. The van der Waals surface area contributed by atoms with E-state index in [1.165, 1.54) is 23.1 Å². The van der Waals surface area contributed by atoms with Crippen LogP contribution in [0.4, 0.5) is 23.2 Å². The van der Waals surface area contributed by atoms with E-state index >= 15 is 0 Å². The zero-order chi connectivity index (χ0) is 20.7. The Bertz CT molecular complexity index is 693. The van der Waals surface area contributed by atoms with Gasteiger partial charge >= 0.3 is 6.18 Å². The second kappa shape index (κ2) is 11.5. The van der Waals surface area contributed by atoms with E-state index < -0.39 is 23.9 Å². The van der Waals surface area contributed by atoms with Crippen LogP contribution in [-0.4, -0.2) is 73.2 Å². The highest BCUT2D eigenvalue weighted by molar-refractivity contribution is 14.0. The predicted molar refractivity (Wildman–Crippen MR) is 115 cm³/mol. The summed E-state index contributed by atoms with van der Waals surface area (Å²) in [6, 6.07) is 4.03. The minimum atomic E-state index is -4.25. The molecule has 1 aromatic rings. The highest BCUT2D eigenvalue weighted by Gasteiger charge is 2.41. The molecular formula is C18H26F4IN5O. The number of guanidine groups is 1. The number of piperazine rings is 1. The maximum absolute atomic E-state index is 13.2. The number of nitrogens with zero attached hydrogens (tertiary/aromatic N) is 3. The summed E-state index contributed by atoms with van der Waals surface area (Å²) in [5.41, 5.74) is 0.333. The van der Waals surface area contributed by atoms with E-state index in [1.807, 2.05) is 11.8 Å². The Morgan fingerprint density at radius 3 is 2.45 bits per heavy atom. The van der Waals surface area contributed by atoms with Crippen molar-refractivity contribution in [1.29, 1.82) is 0 Å². The number of amides is 1. The first-order valence-corrected chi connectivity index (χ1v) is 9.10. The van der Waals surface area contributed by atoms with Crippen LogP contribution < -0.4 is 10.6 Å². The molecule has 0 aromatic heterocycles. The van der Waals surface area contributed by atoms with Gasteiger partial charge in [-0.2, -0.15) is 13.2 Å². The molecule has 1 aliphatic heterocycles. The van der Waals surface area contributed by atoms with E-state index in [-0.39, 0.29) is 43.6 Å². The predicted octanol–water partition coefficient (Wildman–Crippen LogP) is 2.92. The maximum Gasteiger partial charge on any atom is 0.403 e. The van der Waals surface area contributed by atoms with Crippen LogP contribution in [0.25, 0.3) is 0 Å². The number of aliphatic imine (C=N–C) groups is 1. The van der Waals surface area contributed by atoms with Crippen molar-refractivity contribution in [1.82, 2.24) is 15.1 Å². The summed E-state index contributed by atoms with van der Waals surface area (Å²) in [6.45, 7) is 4.65. The molecule has 0 bridgehead atoms. The second-order valence-corrected chi connectivity index (χ2v) is 6.47. The highest BCUT2D eigenvalue weighted by atomic mass is 127. The van der Waals surface area contributed by atoms with Crippen molar-refractivity contribution in [3.63, 3.8) is 0 Å². The molecule has 1 heterocycles. The lowest BCUT2D eigenvalue weighted by Gasteiger charge is -2.39. The number of hydrogen-bond donors (Lipinski definition) is 2. The van der Waals surface area contributed by atoms with Gasteiger partial charge in [-0.25, -0.2) is 9.38 Å². The maximum atomic E-state index is 13.2. The van der Waals surface area contributed by atoms with E-state index in [4.69, 9.17) is 0 Å². The van der Waals surface area contributed by atoms with Crippen LogP contribution in [0.15, 0.2) is 29.3 Å². The van der Waals surface area contributed by atoms with Gasteiger partial charge in [0, 0.05) is 38.4 Å². The molecular weight excluding hydrogens is 505 g/mol. The molecule has 6 nitrogen and oxygen atoms in total. The second-order valence-electron chi connectivity index (χ2n) is 6.47. The fourth-order valence-electron chi connectivity index (χ4n) is 2.87. The van der Waals surface area contributed by atoms with Gasteiger partial charge in [-0.05, 0) is 32.0 Å². The molecule has 0 radical (unpaired) electrons. The third-order valence-corrected chi connectivity index (χ3v) is 4.45. The van der Waals surface area contributed by atoms with Gasteiger partial charge in [-0.3, -0.25) is 9.69 Å². The Kier molecular flexibility index (Phi) is 10.1. The van der Waals surface area contributed by atoms with Crippen LogP contribution >= 0.6 is 24.0 Å². The van der Waals surface area contributed by atoms with E-state index in [0.717, 1.165) is 6.92 Å². The largest absolute Gasteiger partial charge is 0.403 e. The van der Waals surface area contributed by atoms with Gasteiger partial charge in [0.25, 0.3) is 0 Å². The number of alkyl halides is 3. The molecule has 11 heteroatoms. The van der Waals surface area contributed by atoms with Crippen LogP contribution in [0, 0.1) is 5.82 Å². The average Bonchev–Trinajstić information content (AvgIpc) is 2.64. The Morgan fingerprint density at radius 1 is 1.24 bits per heavy atom. The lowest BCUT2D eigenvalue weighted by atomic mass is 10.2. The summed E-state index contributed by atoms with van der Waals surface area (Å²) < 4.78 is 51.8. The van der Waals surface area contributed by atoms with Crippen molar-refractivity contribution in [3.8, 4) is 0 Å². The Hall–Kier alpha value is -1.63. The number of halogens is 5. The highest BCUT2D eigenvalue weighted by Crippen LogP contribution is 2.25. The summed E-state index contributed by atoms with van der Waals surface area (Å²) in [7, 11) is 0. The molecule has 1 atom stereocenters. The van der Waals surface area contributed by atoms with E-state index in [9.17, 15) is 22.4 Å². The fourth-order valence-corrected chi connectivity index (χ4v) is 2.87. The summed E-state index contributed by atoms with van der Waals surface area (Å²) in [6.07, 6.45) is -4.25. The summed E-state index contributed by atoms with van der Waals surface area (Å²) >= 11 is 0. The molecule has 29 heavy (non-hydrogen) atoms. The first-order chi connectivity index (χ1) is 13.2. The van der Waals surface area contributed by atoms with Crippen LogP contribution in [0.2, 0.25) is 0 Å². The SMILES string of the molecule is CCNC(=NCC(=O)Nc1cccc(F)c1)N1CCN(C(C)C(F)(F)F)CC1.I. The quantitative estimate of drug-likeness (QED) is 0.266. The normalized spacial score (nSPS) is 16.8. The number of benzene rings is 1. The van der Waals surface area contributed by atoms with Crippen molar-refractivity contribution in [2.45, 2.75) is 26.1 Å². The van der Waals surface area contributed by atoms with Crippen molar-refractivity contribution in [2.24, 2.45) is 4.99 Å². The lowest BCUT2D eigenvalue weighted by Crippen LogP contribution is -2.56. The minimum Gasteiger partial charge on any atom is -0.357 e. The molecule has 2 N–H and O–H groups in total. The van der Waals surface area contributed by atoms with Gasteiger partial charge in [-0.1, -0.05) is 6.07 Å². The number of rotatable bonds is 5. The molecule has 164 valence electrons. The third kappa shape index (κ3) is 7.96. The smallest absolute Gasteiger partial charge is 0.357 e. The molecule has 1 unspecified atom stereocenters. The van der Waals surface area contributed by atoms with Crippen molar-refractivity contribution in [2.75, 3.05) is 44.6 Å². The van der Waals surface area contributed by atoms with Crippen LogP contribution in [-0.2, 0) is 4.79 Å². The molecule has 0 spiro atoms. The third-order valence-electron chi connectivity index (χ3n) is 4.45. The zero-order valence-electron chi connectivity index (χ0n) is 16.3. The zero-order valence-corrected chi connectivity index (χ0v) is 18.6. The van der Waals surface area contributed by atoms with Gasteiger partial charge < -0.3 is 15.5 Å². The van der Waals surface area contributed by atoms with Gasteiger partial charge in [0.05, 0.1) is 0 Å². The van der Waals surface area contributed by atoms with Crippen molar-refractivity contribution >= 4 is 41.5 Å². The van der Waals surface area contributed by atoms with Gasteiger partial charge in [0.1, 0.15) is 18.4 Å². The van der Waals surface area contributed by atoms with Crippen LogP contribution in [0.1, 0.15) is 13.8 Å². The molecule has 1 saturated heterocycles. The number of anilines is 1. The van der Waals surface area contributed by atoms with Gasteiger partial charge in [0.15, 0.2) is 5.96 Å². The lowest BCUT2D eigenvalue weighted by molar-refractivity contribution is -0.181. The van der Waals surface area contributed by atoms with E-state index in [1.54, 1.807) is 6.07 Å². The molecule has 0 aliphatic carbocycles. The van der Waals surface area contributed by atoms with Crippen LogP contribution in [0.5, 0.6) is 0 Å². The molecule has 1 aliphatic rings. The standard InChI is InChI=1S/C18H25F4N5O.HI/c1-3-23-17(24-12-16(28)25-15-6-4-5-14(19)11-15)27-9-7-26(8-10-27)13(2)18(20,21)22;/h4-6,11,13H,3,7-10,12H2,1-2H3,(H,23,24)(H,25,28);1H. The van der Waals surface area contributed by atoms with Crippen LogP contribution in [0.3, 0.4) is 0 Å². The molecule has 0 saturated carbocycles. The van der Waals surface area contributed by atoms with Crippen molar-refractivity contribution in [3.05, 3.63) is 30.1 Å². The molecule has 2 rings (SSSR count). The van der Waals surface area contributed by atoms with Gasteiger partial charge in [0.2, 0.25) is 5.91 Å². The van der Waals surface area contributed by atoms with E-state index in [2.05, 4.69) is 15.6 Å². The van der Waals surface area contributed by atoms with E-state index in [0.29, 0.717) is 31.3 Å². The molecule has 1 aromatic carbocycles. The first-order valence-electron chi connectivity index (χ1n) is 9.10. The Morgan fingerprint density at radius 2 is 1.90 bits per heavy atom. The number of nitrogens with one attached hydrogen (secondary N) is 2.